The van der Waals surface area contributed by atoms with E-state index in [9.17, 15) is 14.3 Å². The van der Waals surface area contributed by atoms with Gasteiger partial charge in [-0.1, -0.05) is 11.6 Å². The van der Waals surface area contributed by atoms with Gasteiger partial charge in [0.15, 0.2) is 0 Å². The lowest BCUT2D eigenvalue weighted by atomic mass is 10.2. The van der Waals surface area contributed by atoms with Gasteiger partial charge in [0.05, 0.1) is 11.6 Å². The van der Waals surface area contributed by atoms with E-state index in [1.54, 1.807) is 6.92 Å². The van der Waals surface area contributed by atoms with Crippen molar-refractivity contribution in [3.63, 3.8) is 0 Å². The second-order valence-electron chi connectivity index (χ2n) is 2.50. The van der Waals surface area contributed by atoms with Gasteiger partial charge in [0.1, 0.15) is 17.1 Å². The maximum absolute atomic E-state index is 12.8. The van der Waals surface area contributed by atoms with Gasteiger partial charge in [0, 0.05) is 6.07 Å². The Morgan fingerprint density at radius 3 is 2.86 bits per heavy atom. The van der Waals surface area contributed by atoms with Crippen molar-refractivity contribution in [2.45, 2.75) is 6.92 Å². The molecule has 0 fully saturated rings. The molecule has 0 atom stereocenters. The van der Waals surface area contributed by atoms with Crippen molar-refractivity contribution in [1.82, 2.24) is 0 Å². The van der Waals surface area contributed by atoms with E-state index >= 15 is 0 Å². The molecule has 0 aliphatic heterocycles. The smallest absolute Gasteiger partial charge is 0.341 e. The molecular weight excluding hydrogens is 211 g/mol. The van der Waals surface area contributed by atoms with Crippen molar-refractivity contribution in [2.75, 3.05) is 6.61 Å². The molecule has 1 aromatic carbocycles. The fourth-order valence-electron chi connectivity index (χ4n) is 0.909. The highest BCUT2D eigenvalue weighted by molar-refractivity contribution is 6.31. The Morgan fingerprint density at radius 1 is 1.64 bits per heavy atom. The first-order valence-corrected chi connectivity index (χ1v) is 4.29. The number of phenolic OH excluding ortho intramolecular Hbond substituents is 1. The van der Waals surface area contributed by atoms with Crippen LogP contribution in [0.4, 0.5) is 4.39 Å². The van der Waals surface area contributed by atoms with Gasteiger partial charge in [-0.15, -0.1) is 0 Å². The summed E-state index contributed by atoms with van der Waals surface area (Å²) >= 11 is 5.44. The zero-order valence-corrected chi connectivity index (χ0v) is 8.14. The molecule has 0 radical (unpaired) electrons. The number of carbonyl (C=O) groups is 1. The number of ether oxygens (including phenoxy) is 1. The number of rotatable bonds is 2. The Balaban J connectivity index is 3.09. The number of hydrogen-bond acceptors (Lipinski definition) is 3. The minimum atomic E-state index is -0.780. The average molecular weight is 219 g/mol. The van der Waals surface area contributed by atoms with E-state index in [1.165, 1.54) is 0 Å². The molecule has 0 amide bonds. The zero-order chi connectivity index (χ0) is 10.7. The lowest BCUT2D eigenvalue weighted by molar-refractivity contribution is 0.0523. The van der Waals surface area contributed by atoms with Gasteiger partial charge in [-0.2, -0.15) is 0 Å². The van der Waals surface area contributed by atoms with Gasteiger partial charge in [-0.25, -0.2) is 9.18 Å². The van der Waals surface area contributed by atoms with Crippen molar-refractivity contribution in [1.29, 1.82) is 0 Å². The predicted molar refractivity (Wildman–Crippen MR) is 49.0 cm³/mol. The van der Waals surface area contributed by atoms with Crippen LogP contribution in [0.2, 0.25) is 5.02 Å². The lowest BCUT2D eigenvalue weighted by Crippen LogP contribution is -2.05. The second kappa shape index (κ2) is 4.28. The van der Waals surface area contributed by atoms with E-state index in [-0.39, 0.29) is 17.2 Å². The van der Waals surface area contributed by atoms with Crippen molar-refractivity contribution in [2.24, 2.45) is 0 Å². The Morgan fingerprint density at radius 2 is 2.29 bits per heavy atom. The molecule has 1 aromatic rings. The number of esters is 1. The molecule has 0 aromatic heterocycles. The molecule has 0 saturated carbocycles. The van der Waals surface area contributed by atoms with Gasteiger partial charge < -0.3 is 9.84 Å². The van der Waals surface area contributed by atoms with Gasteiger partial charge in [0.25, 0.3) is 0 Å². The maximum atomic E-state index is 12.8. The molecule has 5 heteroatoms. The fraction of sp³-hybridized carbons (Fsp3) is 0.222. The monoisotopic (exact) mass is 218 g/mol. The SMILES string of the molecule is CCOC(=O)c1cc(Cl)c(F)cc1O. The van der Waals surface area contributed by atoms with Crippen LogP contribution in [0.3, 0.4) is 0 Å². The molecule has 0 spiro atoms. The summed E-state index contributed by atoms with van der Waals surface area (Å²) in [6, 6.07) is 1.80. The van der Waals surface area contributed by atoms with Crippen LogP contribution >= 0.6 is 11.6 Å². The standard InChI is InChI=1S/C9H8ClFO3/c1-2-14-9(13)5-3-6(10)7(11)4-8(5)12/h3-4,12H,2H2,1H3. The van der Waals surface area contributed by atoms with Gasteiger partial charge in [-0.05, 0) is 13.0 Å². The number of phenols is 1. The van der Waals surface area contributed by atoms with Crippen LogP contribution in [0.15, 0.2) is 12.1 Å². The van der Waals surface area contributed by atoms with E-state index in [0.717, 1.165) is 12.1 Å². The first-order valence-electron chi connectivity index (χ1n) is 3.91. The van der Waals surface area contributed by atoms with Gasteiger partial charge >= 0.3 is 5.97 Å². The van der Waals surface area contributed by atoms with Crippen LogP contribution in [0.25, 0.3) is 0 Å². The molecule has 1 N–H and O–H groups in total. The number of halogens is 2. The van der Waals surface area contributed by atoms with Crippen molar-refractivity contribution >= 4 is 17.6 Å². The van der Waals surface area contributed by atoms with E-state index < -0.39 is 17.5 Å². The number of benzene rings is 1. The minimum Gasteiger partial charge on any atom is -0.507 e. The highest BCUT2D eigenvalue weighted by atomic mass is 35.5. The van der Waals surface area contributed by atoms with Crippen LogP contribution in [-0.4, -0.2) is 17.7 Å². The van der Waals surface area contributed by atoms with Crippen LogP contribution in [0.1, 0.15) is 17.3 Å². The quantitative estimate of drug-likeness (QED) is 0.776. The third-order valence-corrected chi connectivity index (χ3v) is 1.82. The van der Waals surface area contributed by atoms with Crippen LogP contribution < -0.4 is 0 Å². The number of aromatic hydroxyl groups is 1. The molecule has 0 aliphatic carbocycles. The summed E-state index contributed by atoms with van der Waals surface area (Å²) in [4.78, 5) is 11.2. The number of hydrogen-bond donors (Lipinski definition) is 1. The summed E-state index contributed by atoms with van der Waals surface area (Å²) < 4.78 is 17.4. The van der Waals surface area contributed by atoms with Gasteiger partial charge in [0.2, 0.25) is 0 Å². The van der Waals surface area contributed by atoms with Crippen LogP contribution in [-0.2, 0) is 4.74 Å². The molecule has 1 rings (SSSR count). The molecule has 0 aliphatic rings. The predicted octanol–water partition coefficient (Wildman–Crippen LogP) is 2.36. The second-order valence-corrected chi connectivity index (χ2v) is 2.91. The minimum absolute atomic E-state index is 0.141. The first-order chi connectivity index (χ1) is 6.56. The van der Waals surface area contributed by atoms with Gasteiger partial charge in [-0.3, -0.25) is 0 Å². The Kier molecular flexibility index (Phi) is 3.30. The van der Waals surface area contributed by atoms with E-state index in [0.29, 0.717) is 0 Å². The van der Waals surface area contributed by atoms with E-state index in [1.807, 2.05) is 0 Å². The summed E-state index contributed by atoms with van der Waals surface area (Å²) in [7, 11) is 0. The Hall–Kier alpha value is -1.29. The van der Waals surface area contributed by atoms with Crippen molar-refractivity contribution in [3.8, 4) is 5.75 Å². The highest BCUT2D eigenvalue weighted by Gasteiger charge is 2.15. The van der Waals surface area contributed by atoms with Crippen molar-refractivity contribution in [3.05, 3.63) is 28.5 Å². The Labute approximate surface area is 85.1 Å². The molecular formula is C9H8ClFO3. The van der Waals surface area contributed by atoms with Crippen molar-refractivity contribution < 1.29 is 19.0 Å². The average Bonchev–Trinajstić information content (AvgIpc) is 2.11. The molecule has 0 heterocycles. The van der Waals surface area contributed by atoms with Crippen LogP contribution in [0, 0.1) is 5.82 Å². The van der Waals surface area contributed by atoms with E-state index in [2.05, 4.69) is 4.74 Å². The summed E-state index contributed by atoms with van der Waals surface area (Å²) in [6.07, 6.45) is 0. The lowest BCUT2D eigenvalue weighted by Gasteiger charge is -2.04. The molecule has 76 valence electrons. The Bertz CT molecular complexity index is 365. The zero-order valence-electron chi connectivity index (χ0n) is 7.38. The molecule has 0 bridgehead atoms. The topological polar surface area (TPSA) is 46.5 Å². The summed E-state index contributed by atoms with van der Waals surface area (Å²) in [6.45, 7) is 1.80. The number of carbonyl (C=O) groups excluding carboxylic acids is 1. The summed E-state index contributed by atoms with van der Waals surface area (Å²) in [5.41, 5.74) is -0.141. The third-order valence-electron chi connectivity index (χ3n) is 1.53. The first kappa shape index (κ1) is 10.8. The maximum Gasteiger partial charge on any atom is 0.341 e. The summed E-state index contributed by atoms with van der Waals surface area (Å²) in [5.74, 6) is -1.99. The highest BCUT2D eigenvalue weighted by Crippen LogP contribution is 2.25. The normalized spacial score (nSPS) is 9.93. The summed E-state index contributed by atoms with van der Waals surface area (Å²) in [5, 5.41) is 8.98. The van der Waals surface area contributed by atoms with E-state index in [4.69, 9.17) is 11.6 Å². The molecule has 14 heavy (non-hydrogen) atoms. The third kappa shape index (κ3) is 2.14. The largest absolute Gasteiger partial charge is 0.507 e. The molecule has 3 nitrogen and oxygen atoms in total. The fourth-order valence-corrected chi connectivity index (χ4v) is 1.07. The molecule has 0 saturated heterocycles. The molecule has 0 unspecified atom stereocenters. The van der Waals surface area contributed by atoms with Crippen LogP contribution in [0.5, 0.6) is 5.75 Å².